The second-order valence-corrected chi connectivity index (χ2v) is 4.62. The third-order valence-electron chi connectivity index (χ3n) is 3.14. The number of carboxylic acid groups (broad SMARTS) is 1. The lowest BCUT2D eigenvalue weighted by atomic mass is 10.2. The number of aryl methyl sites for hydroxylation is 1. The van der Waals surface area contributed by atoms with Crippen LogP contribution in [-0.4, -0.2) is 44.4 Å². The maximum atomic E-state index is 10.9. The van der Waals surface area contributed by atoms with Gasteiger partial charge in [-0.15, -0.1) is 0 Å². The summed E-state index contributed by atoms with van der Waals surface area (Å²) in [6.45, 7) is 2.40. The molecule has 7 nitrogen and oxygen atoms in total. The van der Waals surface area contributed by atoms with Gasteiger partial charge in [-0.05, 0) is 13.0 Å². The number of rotatable bonds is 3. The summed E-state index contributed by atoms with van der Waals surface area (Å²) in [7, 11) is 0. The van der Waals surface area contributed by atoms with Crippen LogP contribution in [0, 0.1) is 6.92 Å². The minimum Gasteiger partial charge on any atom is -0.480 e. The van der Waals surface area contributed by atoms with Gasteiger partial charge in [-0.25, -0.2) is 9.50 Å². The van der Waals surface area contributed by atoms with Crippen LogP contribution in [0.3, 0.4) is 0 Å². The highest BCUT2D eigenvalue weighted by Crippen LogP contribution is 2.21. The minimum atomic E-state index is -0.850. The number of hydrogen-bond acceptors (Lipinski definition) is 5. The molecule has 0 amide bonds. The van der Waals surface area contributed by atoms with Gasteiger partial charge in [0.15, 0.2) is 0 Å². The summed E-state index contributed by atoms with van der Waals surface area (Å²) in [5.41, 5.74) is 1.67. The van der Waals surface area contributed by atoms with Crippen molar-refractivity contribution < 1.29 is 14.6 Å². The molecule has 0 saturated carbocycles. The number of nitrogens with one attached hydrogen (secondary N) is 1. The number of aromatic nitrogens is 3. The number of carboxylic acids is 1. The number of carbonyl (C=O) groups is 1. The van der Waals surface area contributed by atoms with Crippen LogP contribution in [0.1, 0.15) is 12.1 Å². The van der Waals surface area contributed by atoms with E-state index in [0.717, 1.165) is 11.2 Å². The molecule has 2 aromatic rings. The average molecular weight is 262 g/mol. The zero-order chi connectivity index (χ0) is 13.4. The Morgan fingerprint density at radius 1 is 1.63 bits per heavy atom. The molecule has 2 atom stereocenters. The van der Waals surface area contributed by atoms with Crippen molar-refractivity contribution in [3.8, 4) is 5.88 Å². The number of hydrogen-bond donors (Lipinski definition) is 2. The van der Waals surface area contributed by atoms with Crippen molar-refractivity contribution in [3.63, 3.8) is 0 Å². The maximum Gasteiger partial charge on any atom is 0.320 e. The second kappa shape index (κ2) is 4.51. The molecule has 1 fully saturated rings. The van der Waals surface area contributed by atoms with Gasteiger partial charge in [0, 0.05) is 25.4 Å². The van der Waals surface area contributed by atoms with Crippen molar-refractivity contribution in [2.24, 2.45) is 0 Å². The Morgan fingerprint density at radius 3 is 3.21 bits per heavy atom. The van der Waals surface area contributed by atoms with E-state index in [9.17, 15) is 4.79 Å². The Bertz CT molecular complexity index is 624. The molecule has 1 aliphatic rings. The van der Waals surface area contributed by atoms with Gasteiger partial charge in [-0.1, -0.05) is 0 Å². The highest BCUT2D eigenvalue weighted by atomic mass is 16.5. The molecule has 2 unspecified atom stereocenters. The van der Waals surface area contributed by atoms with E-state index in [1.54, 1.807) is 16.9 Å². The highest BCUT2D eigenvalue weighted by molar-refractivity contribution is 5.74. The predicted molar refractivity (Wildman–Crippen MR) is 66.2 cm³/mol. The molecule has 0 aliphatic carbocycles. The summed E-state index contributed by atoms with van der Waals surface area (Å²) >= 11 is 0. The normalized spacial score (nSPS) is 22.8. The lowest BCUT2D eigenvalue weighted by molar-refractivity contribution is -0.139. The smallest absolute Gasteiger partial charge is 0.320 e. The fourth-order valence-electron chi connectivity index (χ4n) is 2.25. The maximum absolute atomic E-state index is 10.9. The van der Waals surface area contributed by atoms with Gasteiger partial charge in [-0.2, -0.15) is 5.10 Å². The van der Waals surface area contributed by atoms with Crippen LogP contribution in [0.4, 0.5) is 0 Å². The Balaban J connectivity index is 1.80. The lowest BCUT2D eigenvalue weighted by Crippen LogP contribution is -2.30. The van der Waals surface area contributed by atoms with Crippen molar-refractivity contribution in [3.05, 3.63) is 24.2 Å². The third-order valence-corrected chi connectivity index (χ3v) is 3.14. The van der Waals surface area contributed by atoms with Crippen molar-refractivity contribution in [2.45, 2.75) is 25.5 Å². The molecule has 3 heterocycles. The van der Waals surface area contributed by atoms with Gasteiger partial charge in [0.1, 0.15) is 17.7 Å². The van der Waals surface area contributed by atoms with Gasteiger partial charge in [0.25, 0.3) is 0 Å². The van der Waals surface area contributed by atoms with Gasteiger partial charge in [0.05, 0.1) is 5.69 Å². The van der Waals surface area contributed by atoms with Gasteiger partial charge in [-0.3, -0.25) is 4.79 Å². The van der Waals surface area contributed by atoms with Gasteiger partial charge < -0.3 is 15.2 Å². The van der Waals surface area contributed by atoms with Crippen molar-refractivity contribution in [2.75, 3.05) is 6.54 Å². The van der Waals surface area contributed by atoms with Crippen LogP contribution >= 0.6 is 0 Å². The van der Waals surface area contributed by atoms with E-state index in [1.165, 1.54) is 0 Å². The predicted octanol–water partition coefficient (Wildman–Crippen LogP) is 0.232. The first-order valence-electron chi connectivity index (χ1n) is 6.07. The van der Waals surface area contributed by atoms with E-state index >= 15 is 0 Å². The molecular weight excluding hydrogens is 248 g/mol. The summed E-state index contributed by atoms with van der Waals surface area (Å²) in [6, 6.07) is 1.34. The highest BCUT2D eigenvalue weighted by Gasteiger charge is 2.31. The van der Waals surface area contributed by atoms with Gasteiger partial charge in [0.2, 0.25) is 5.88 Å². The van der Waals surface area contributed by atoms with Crippen molar-refractivity contribution >= 4 is 11.5 Å². The van der Waals surface area contributed by atoms with E-state index in [1.807, 2.05) is 13.0 Å². The molecule has 100 valence electrons. The van der Waals surface area contributed by atoms with E-state index in [2.05, 4.69) is 15.4 Å². The first-order valence-corrected chi connectivity index (χ1v) is 6.07. The fraction of sp³-hybridized carbons (Fsp3) is 0.417. The summed E-state index contributed by atoms with van der Waals surface area (Å²) in [5, 5.41) is 16.1. The van der Waals surface area contributed by atoms with Crippen LogP contribution in [-0.2, 0) is 4.79 Å². The van der Waals surface area contributed by atoms with Gasteiger partial charge >= 0.3 is 5.97 Å². The molecule has 0 spiro atoms. The summed E-state index contributed by atoms with van der Waals surface area (Å²) in [4.78, 5) is 15.1. The second-order valence-electron chi connectivity index (χ2n) is 4.62. The Labute approximate surface area is 109 Å². The van der Waals surface area contributed by atoms with Crippen molar-refractivity contribution in [1.82, 2.24) is 19.9 Å². The number of aliphatic carboxylic acids is 1. The van der Waals surface area contributed by atoms with Crippen molar-refractivity contribution in [1.29, 1.82) is 0 Å². The molecule has 3 rings (SSSR count). The minimum absolute atomic E-state index is 0.185. The van der Waals surface area contributed by atoms with E-state index < -0.39 is 12.0 Å². The zero-order valence-corrected chi connectivity index (χ0v) is 10.4. The molecule has 19 heavy (non-hydrogen) atoms. The molecule has 1 aliphatic heterocycles. The summed E-state index contributed by atoms with van der Waals surface area (Å²) in [5.74, 6) is -0.363. The Hall–Kier alpha value is -2.15. The average Bonchev–Trinajstić information content (AvgIpc) is 2.95. The Morgan fingerprint density at radius 2 is 2.47 bits per heavy atom. The lowest BCUT2D eigenvalue weighted by Gasteiger charge is -2.12. The molecule has 0 bridgehead atoms. The number of ether oxygens (including phenoxy) is 1. The van der Waals surface area contributed by atoms with Crippen LogP contribution in [0.5, 0.6) is 5.88 Å². The summed E-state index contributed by atoms with van der Waals surface area (Å²) < 4.78 is 7.49. The first kappa shape index (κ1) is 11.9. The Kier molecular flexibility index (Phi) is 2.83. The van der Waals surface area contributed by atoms with E-state index in [0.29, 0.717) is 18.8 Å². The molecule has 1 saturated heterocycles. The molecule has 2 N–H and O–H groups in total. The van der Waals surface area contributed by atoms with Crippen LogP contribution in [0.2, 0.25) is 0 Å². The molecular formula is C12H14N4O3. The number of nitrogens with zero attached hydrogens (tertiary/aromatic N) is 3. The fourth-order valence-corrected chi connectivity index (χ4v) is 2.25. The van der Waals surface area contributed by atoms with E-state index in [4.69, 9.17) is 9.84 Å². The molecule has 7 heteroatoms. The quantitative estimate of drug-likeness (QED) is 0.823. The zero-order valence-electron chi connectivity index (χ0n) is 10.4. The van der Waals surface area contributed by atoms with Crippen LogP contribution in [0.25, 0.3) is 5.52 Å². The SMILES string of the molecule is Cc1cc2c(OC3CNC(C(=O)O)C3)nccn2n1. The monoisotopic (exact) mass is 262 g/mol. The van der Waals surface area contributed by atoms with Crippen LogP contribution < -0.4 is 10.1 Å². The molecule has 0 aromatic carbocycles. The largest absolute Gasteiger partial charge is 0.480 e. The van der Waals surface area contributed by atoms with Crippen LogP contribution in [0.15, 0.2) is 18.5 Å². The molecule has 2 aromatic heterocycles. The first-order chi connectivity index (χ1) is 9.13. The standard InChI is InChI=1S/C12H14N4O3/c1-7-4-10-11(13-2-3-16(10)15-7)19-8-5-9(12(17)18)14-6-8/h2-4,8-9,14H,5-6H2,1H3,(H,17,18). The van der Waals surface area contributed by atoms with E-state index in [-0.39, 0.29) is 6.10 Å². The molecule has 0 radical (unpaired) electrons. The topological polar surface area (TPSA) is 88.8 Å². The number of fused-ring (bicyclic) bond motifs is 1. The summed E-state index contributed by atoms with van der Waals surface area (Å²) in [6.07, 6.45) is 3.62. The third kappa shape index (κ3) is 2.24.